The van der Waals surface area contributed by atoms with Gasteiger partial charge in [0.2, 0.25) is 0 Å². The molecule has 0 unspecified atom stereocenters. The van der Waals surface area contributed by atoms with Crippen molar-refractivity contribution in [3.8, 4) is 0 Å². The van der Waals surface area contributed by atoms with Gasteiger partial charge in [-0.05, 0) is 26.2 Å². The molecule has 2 fully saturated rings. The average molecular weight is 263 g/mol. The first-order valence-electron chi connectivity index (χ1n) is 7.17. The number of amides is 1. The van der Waals surface area contributed by atoms with Crippen molar-refractivity contribution < 1.29 is 9.53 Å². The lowest BCUT2D eigenvalue weighted by Gasteiger charge is -2.54. The Morgan fingerprint density at radius 1 is 1.58 bits per heavy atom. The fourth-order valence-electron chi connectivity index (χ4n) is 3.70. The number of carbonyl (C=O) groups is 1. The maximum Gasteiger partial charge on any atom is 0.269 e. The highest BCUT2D eigenvalue weighted by Crippen LogP contribution is 2.54. The van der Waals surface area contributed by atoms with E-state index in [0.29, 0.717) is 11.8 Å². The van der Waals surface area contributed by atoms with Crippen LogP contribution in [0.25, 0.3) is 0 Å². The van der Waals surface area contributed by atoms with E-state index in [2.05, 4.69) is 15.3 Å². The van der Waals surface area contributed by atoms with Crippen LogP contribution in [0.4, 0.5) is 0 Å². The molecule has 1 amide bonds. The first kappa shape index (κ1) is 12.7. The number of H-pyrrole nitrogens is 1. The second kappa shape index (κ2) is 4.96. The summed E-state index contributed by atoms with van der Waals surface area (Å²) in [7, 11) is 0. The second-order valence-corrected chi connectivity index (χ2v) is 5.61. The van der Waals surface area contributed by atoms with E-state index in [0.717, 1.165) is 13.0 Å². The number of nitrogens with zero attached hydrogens (tertiary/aromatic N) is 1. The molecule has 0 radical (unpaired) electrons. The molecule has 3 rings (SSSR count). The van der Waals surface area contributed by atoms with E-state index in [1.54, 1.807) is 6.20 Å². The van der Waals surface area contributed by atoms with Crippen LogP contribution in [0.1, 0.15) is 49.5 Å². The van der Waals surface area contributed by atoms with Gasteiger partial charge in [0.25, 0.3) is 5.91 Å². The van der Waals surface area contributed by atoms with E-state index in [1.165, 1.54) is 32.0 Å². The van der Waals surface area contributed by atoms with Gasteiger partial charge in [-0.25, -0.2) is 4.98 Å². The van der Waals surface area contributed by atoms with Gasteiger partial charge in [0.05, 0.1) is 18.6 Å². The van der Waals surface area contributed by atoms with E-state index in [1.807, 2.05) is 6.92 Å². The van der Waals surface area contributed by atoms with Crippen molar-refractivity contribution >= 4 is 5.91 Å². The third-order valence-corrected chi connectivity index (χ3v) is 4.74. The van der Waals surface area contributed by atoms with Crippen molar-refractivity contribution in [3.63, 3.8) is 0 Å². The molecule has 2 atom stereocenters. The lowest BCUT2D eigenvalue weighted by atomic mass is 9.60. The number of ether oxygens (including phenoxy) is 1. The summed E-state index contributed by atoms with van der Waals surface area (Å²) in [5, 5.41) is 3.15. The molecule has 2 saturated carbocycles. The van der Waals surface area contributed by atoms with E-state index >= 15 is 0 Å². The third-order valence-electron chi connectivity index (χ3n) is 4.74. The van der Waals surface area contributed by atoms with E-state index < -0.39 is 0 Å². The Hall–Kier alpha value is -1.36. The van der Waals surface area contributed by atoms with Crippen LogP contribution >= 0.6 is 0 Å². The smallest absolute Gasteiger partial charge is 0.269 e. The van der Waals surface area contributed by atoms with E-state index in [9.17, 15) is 4.79 Å². The molecule has 5 nitrogen and oxygen atoms in total. The van der Waals surface area contributed by atoms with Gasteiger partial charge in [-0.2, -0.15) is 0 Å². The largest absolute Gasteiger partial charge is 0.378 e. The molecule has 2 N–H and O–H groups in total. The van der Waals surface area contributed by atoms with Crippen LogP contribution in [0.3, 0.4) is 0 Å². The fraction of sp³-hybridized carbons (Fsp3) is 0.714. The molecular weight excluding hydrogens is 242 g/mol. The zero-order valence-electron chi connectivity index (χ0n) is 11.3. The van der Waals surface area contributed by atoms with Crippen LogP contribution in [-0.4, -0.2) is 34.6 Å². The zero-order chi connectivity index (χ0) is 13.3. The van der Waals surface area contributed by atoms with Crippen LogP contribution in [0.2, 0.25) is 0 Å². The maximum atomic E-state index is 12.1. The molecule has 1 aromatic rings. The molecule has 5 heteroatoms. The molecule has 19 heavy (non-hydrogen) atoms. The molecule has 1 spiro atoms. The summed E-state index contributed by atoms with van der Waals surface area (Å²) in [5.41, 5.74) is 0.721. The number of rotatable bonds is 4. The summed E-state index contributed by atoms with van der Waals surface area (Å²) in [6, 6.07) is 0.252. The van der Waals surface area contributed by atoms with Gasteiger partial charge in [-0.1, -0.05) is 12.8 Å². The highest BCUT2D eigenvalue weighted by atomic mass is 16.5. The van der Waals surface area contributed by atoms with E-state index in [4.69, 9.17) is 4.74 Å². The quantitative estimate of drug-likeness (QED) is 0.871. The van der Waals surface area contributed by atoms with Crippen molar-refractivity contribution in [1.29, 1.82) is 0 Å². The average Bonchev–Trinajstić information content (AvgIpc) is 3.09. The Balaban J connectivity index is 1.67. The van der Waals surface area contributed by atoms with Crippen LogP contribution in [0.15, 0.2) is 12.5 Å². The van der Waals surface area contributed by atoms with Gasteiger partial charge in [0.1, 0.15) is 5.69 Å². The van der Waals surface area contributed by atoms with Gasteiger partial charge in [-0.15, -0.1) is 0 Å². The summed E-state index contributed by atoms with van der Waals surface area (Å²) in [6.45, 7) is 2.80. The van der Waals surface area contributed by atoms with Gasteiger partial charge < -0.3 is 15.0 Å². The highest BCUT2D eigenvalue weighted by molar-refractivity contribution is 5.92. The van der Waals surface area contributed by atoms with Crippen LogP contribution in [0.5, 0.6) is 0 Å². The number of imidazole rings is 1. The lowest BCUT2D eigenvalue weighted by Crippen LogP contribution is -2.63. The number of aromatic amines is 1. The first-order valence-corrected chi connectivity index (χ1v) is 7.17. The molecule has 1 aromatic heterocycles. The summed E-state index contributed by atoms with van der Waals surface area (Å²) in [6.07, 6.45) is 9.21. The topological polar surface area (TPSA) is 67.0 Å². The standard InChI is InChI=1S/C14H21N3O2/c1-2-19-12-7-11(14(12)5-3-4-6-14)17-13(18)10-8-15-9-16-10/h8-9,11-12H,2-7H2,1H3,(H,15,16)(H,17,18)/t11-,12+/m0/s1. The van der Waals surface area contributed by atoms with Crippen molar-refractivity contribution in [2.45, 2.75) is 51.2 Å². The zero-order valence-corrected chi connectivity index (χ0v) is 11.3. The first-order chi connectivity index (χ1) is 9.26. The minimum Gasteiger partial charge on any atom is -0.378 e. The number of aromatic nitrogens is 2. The van der Waals surface area contributed by atoms with Crippen molar-refractivity contribution in [1.82, 2.24) is 15.3 Å². The van der Waals surface area contributed by atoms with Crippen molar-refractivity contribution in [2.75, 3.05) is 6.61 Å². The Labute approximate surface area is 113 Å². The fourth-order valence-corrected chi connectivity index (χ4v) is 3.70. The van der Waals surface area contributed by atoms with Crippen molar-refractivity contribution in [2.24, 2.45) is 5.41 Å². The lowest BCUT2D eigenvalue weighted by molar-refractivity contribution is -0.127. The number of carbonyl (C=O) groups excluding carboxylic acids is 1. The Morgan fingerprint density at radius 3 is 3.00 bits per heavy atom. The molecule has 2 aliphatic rings. The highest BCUT2D eigenvalue weighted by Gasteiger charge is 2.57. The Morgan fingerprint density at radius 2 is 2.37 bits per heavy atom. The molecule has 104 valence electrons. The molecule has 0 saturated heterocycles. The molecular formula is C14H21N3O2. The Bertz CT molecular complexity index is 438. The summed E-state index contributed by atoms with van der Waals surface area (Å²) in [4.78, 5) is 18.8. The number of hydrogen-bond acceptors (Lipinski definition) is 3. The van der Waals surface area contributed by atoms with Crippen LogP contribution in [-0.2, 0) is 4.74 Å². The molecule has 0 bridgehead atoms. The SMILES string of the molecule is CCO[C@@H]1C[C@H](NC(=O)c2cnc[nH]2)C12CCCC2. The number of nitrogens with one attached hydrogen (secondary N) is 2. The minimum atomic E-state index is -0.0521. The summed E-state index contributed by atoms with van der Waals surface area (Å²) < 4.78 is 5.85. The van der Waals surface area contributed by atoms with Crippen LogP contribution in [0, 0.1) is 5.41 Å². The normalized spacial score (nSPS) is 28.3. The molecule has 0 aliphatic heterocycles. The van der Waals surface area contributed by atoms with Gasteiger partial charge in [0, 0.05) is 18.1 Å². The molecule has 2 aliphatic carbocycles. The summed E-state index contributed by atoms with van der Waals surface area (Å²) in [5.74, 6) is -0.0521. The van der Waals surface area contributed by atoms with Crippen LogP contribution < -0.4 is 5.32 Å². The Kier molecular flexibility index (Phi) is 3.31. The predicted molar refractivity (Wildman–Crippen MR) is 70.8 cm³/mol. The molecule has 0 aromatic carbocycles. The monoisotopic (exact) mass is 263 g/mol. The van der Waals surface area contributed by atoms with Gasteiger partial charge in [0.15, 0.2) is 0 Å². The third kappa shape index (κ3) is 2.06. The maximum absolute atomic E-state index is 12.1. The summed E-state index contributed by atoms with van der Waals surface area (Å²) >= 11 is 0. The minimum absolute atomic E-state index is 0.0521. The van der Waals surface area contributed by atoms with E-state index in [-0.39, 0.29) is 17.4 Å². The van der Waals surface area contributed by atoms with Gasteiger partial charge in [-0.3, -0.25) is 4.79 Å². The molecule has 1 heterocycles. The van der Waals surface area contributed by atoms with Gasteiger partial charge >= 0.3 is 0 Å². The second-order valence-electron chi connectivity index (χ2n) is 5.61. The van der Waals surface area contributed by atoms with Crippen molar-refractivity contribution in [3.05, 3.63) is 18.2 Å². The predicted octanol–water partition coefficient (Wildman–Crippen LogP) is 1.88. The number of hydrogen-bond donors (Lipinski definition) is 2.